The van der Waals surface area contributed by atoms with E-state index in [-0.39, 0.29) is 4.90 Å². The number of carbonyl (C=O) groups is 2. The van der Waals surface area contributed by atoms with Crippen molar-refractivity contribution in [2.24, 2.45) is 0 Å². The van der Waals surface area contributed by atoms with Gasteiger partial charge in [0.25, 0.3) is 15.9 Å². The molecule has 0 aromatic heterocycles. The normalized spacial score (nSPS) is 17.5. The van der Waals surface area contributed by atoms with Crippen molar-refractivity contribution >= 4 is 27.6 Å². The van der Waals surface area contributed by atoms with E-state index in [4.69, 9.17) is 0 Å². The fraction of sp³-hybridized carbons (Fsp3) is 0.0667. The molecule has 1 unspecified atom stereocenters. The Hall–Kier alpha value is -2.87. The molecule has 0 bridgehead atoms. The fourth-order valence-corrected chi connectivity index (χ4v) is 3.29. The molecule has 2 aromatic carbocycles. The number of amides is 3. The average molecular weight is 331 g/mol. The monoisotopic (exact) mass is 331 g/mol. The van der Waals surface area contributed by atoms with Gasteiger partial charge in [-0.2, -0.15) is 0 Å². The zero-order valence-electron chi connectivity index (χ0n) is 11.8. The van der Waals surface area contributed by atoms with Gasteiger partial charge in [-0.15, -0.1) is 0 Å². The van der Waals surface area contributed by atoms with Gasteiger partial charge < -0.3 is 5.32 Å². The third-order valence-corrected chi connectivity index (χ3v) is 4.72. The Balaban J connectivity index is 1.78. The van der Waals surface area contributed by atoms with Gasteiger partial charge in [0.1, 0.15) is 6.04 Å². The average Bonchev–Trinajstić information content (AvgIpc) is 2.87. The number of hydrogen-bond acceptors (Lipinski definition) is 4. The van der Waals surface area contributed by atoms with Crippen LogP contribution >= 0.6 is 0 Å². The highest BCUT2D eigenvalue weighted by Crippen LogP contribution is 2.21. The summed E-state index contributed by atoms with van der Waals surface area (Å²) in [7, 11) is -3.66. The second-order valence-electron chi connectivity index (χ2n) is 4.94. The molecule has 3 amide bonds. The van der Waals surface area contributed by atoms with E-state index in [0.29, 0.717) is 11.3 Å². The van der Waals surface area contributed by atoms with Crippen LogP contribution in [0.15, 0.2) is 59.5 Å². The summed E-state index contributed by atoms with van der Waals surface area (Å²) in [5.74, 6) is -0.437. The molecule has 118 valence electrons. The molecule has 2 aromatic rings. The maximum Gasteiger partial charge on any atom is 0.322 e. The van der Waals surface area contributed by atoms with Gasteiger partial charge in [0.05, 0.1) is 4.90 Å². The number of imide groups is 1. The summed E-state index contributed by atoms with van der Waals surface area (Å²) in [6.07, 6.45) is 0. The van der Waals surface area contributed by atoms with Crippen molar-refractivity contribution < 1.29 is 18.0 Å². The van der Waals surface area contributed by atoms with Crippen molar-refractivity contribution in [1.29, 1.82) is 0 Å². The summed E-state index contributed by atoms with van der Waals surface area (Å²) in [5.41, 5.74) is 0.929. The number of benzene rings is 2. The van der Waals surface area contributed by atoms with Gasteiger partial charge in [0, 0.05) is 5.69 Å². The Morgan fingerprint density at radius 3 is 2.13 bits per heavy atom. The molecule has 1 aliphatic rings. The molecule has 3 rings (SSSR count). The number of rotatable bonds is 4. The molecule has 0 spiro atoms. The first kappa shape index (κ1) is 15.0. The molecule has 0 radical (unpaired) electrons. The first-order valence-electron chi connectivity index (χ1n) is 6.75. The zero-order chi connectivity index (χ0) is 16.4. The molecule has 1 fully saturated rings. The lowest BCUT2D eigenvalue weighted by Crippen LogP contribution is -2.22. The number of hydrogen-bond donors (Lipinski definition) is 3. The molecule has 23 heavy (non-hydrogen) atoms. The Kier molecular flexibility index (Phi) is 3.75. The SMILES string of the molecule is O=C1NC(=O)C(c2ccc(NS(=O)(=O)c3ccccc3)cc2)N1. The van der Waals surface area contributed by atoms with Crippen molar-refractivity contribution in [2.45, 2.75) is 10.9 Å². The van der Waals surface area contributed by atoms with Gasteiger partial charge >= 0.3 is 6.03 Å². The van der Waals surface area contributed by atoms with Gasteiger partial charge in [-0.25, -0.2) is 13.2 Å². The van der Waals surface area contributed by atoms with Crippen molar-refractivity contribution in [3.8, 4) is 0 Å². The van der Waals surface area contributed by atoms with E-state index in [1.807, 2.05) is 0 Å². The standard InChI is InChI=1S/C15H13N3O4S/c19-14-13(16-15(20)17-14)10-6-8-11(9-7-10)18-23(21,22)12-4-2-1-3-5-12/h1-9,13,18H,(H2,16,17,19,20). The van der Waals surface area contributed by atoms with Crippen molar-refractivity contribution in [3.63, 3.8) is 0 Å². The van der Waals surface area contributed by atoms with Crippen LogP contribution in [0.1, 0.15) is 11.6 Å². The predicted octanol–water partition coefficient (Wildman–Crippen LogP) is 1.37. The summed E-state index contributed by atoms with van der Waals surface area (Å²) in [6, 6.07) is 12.9. The summed E-state index contributed by atoms with van der Waals surface area (Å²) >= 11 is 0. The lowest BCUT2D eigenvalue weighted by molar-refractivity contribution is -0.120. The molecule has 3 N–H and O–H groups in total. The minimum Gasteiger partial charge on any atom is -0.322 e. The van der Waals surface area contributed by atoms with Gasteiger partial charge in [-0.05, 0) is 29.8 Å². The third kappa shape index (κ3) is 3.16. The highest BCUT2D eigenvalue weighted by atomic mass is 32.2. The number of carbonyl (C=O) groups excluding carboxylic acids is 2. The quantitative estimate of drug-likeness (QED) is 0.736. The maximum atomic E-state index is 12.2. The number of sulfonamides is 1. The molecule has 7 nitrogen and oxygen atoms in total. The predicted molar refractivity (Wildman–Crippen MR) is 83.1 cm³/mol. The Bertz CT molecular complexity index is 848. The Labute approximate surface area is 132 Å². The van der Waals surface area contributed by atoms with E-state index in [9.17, 15) is 18.0 Å². The molecule has 0 saturated carbocycles. The van der Waals surface area contributed by atoms with Crippen LogP contribution in [0.2, 0.25) is 0 Å². The summed E-state index contributed by atoms with van der Waals surface area (Å²) < 4.78 is 26.9. The van der Waals surface area contributed by atoms with E-state index in [0.717, 1.165) is 0 Å². The topological polar surface area (TPSA) is 104 Å². The van der Waals surface area contributed by atoms with Crippen LogP contribution in [0.3, 0.4) is 0 Å². The van der Waals surface area contributed by atoms with Crippen LogP contribution < -0.4 is 15.4 Å². The van der Waals surface area contributed by atoms with E-state index in [1.54, 1.807) is 30.3 Å². The van der Waals surface area contributed by atoms with Crippen LogP contribution in [-0.2, 0) is 14.8 Å². The summed E-state index contributed by atoms with van der Waals surface area (Å²) in [6.45, 7) is 0. The van der Waals surface area contributed by atoms with Gasteiger partial charge in [-0.3, -0.25) is 14.8 Å². The smallest absolute Gasteiger partial charge is 0.322 e. The maximum absolute atomic E-state index is 12.2. The zero-order valence-corrected chi connectivity index (χ0v) is 12.6. The van der Waals surface area contributed by atoms with Gasteiger partial charge in [0.2, 0.25) is 0 Å². The second-order valence-corrected chi connectivity index (χ2v) is 6.62. The molecular weight excluding hydrogens is 318 g/mol. The lowest BCUT2D eigenvalue weighted by Gasteiger charge is -2.11. The number of anilines is 1. The highest BCUT2D eigenvalue weighted by Gasteiger charge is 2.30. The van der Waals surface area contributed by atoms with Crippen LogP contribution in [0.5, 0.6) is 0 Å². The molecule has 1 aliphatic heterocycles. The highest BCUT2D eigenvalue weighted by molar-refractivity contribution is 7.92. The van der Waals surface area contributed by atoms with E-state index >= 15 is 0 Å². The third-order valence-electron chi connectivity index (χ3n) is 3.32. The van der Waals surface area contributed by atoms with E-state index in [1.165, 1.54) is 24.3 Å². The minimum absolute atomic E-state index is 0.159. The van der Waals surface area contributed by atoms with Crippen LogP contribution in [0.25, 0.3) is 0 Å². The Morgan fingerprint density at radius 2 is 1.57 bits per heavy atom. The minimum atomic E-state index is -3.66. The van der Waals surface area contributed by atoms with E-state index in [2.05, 4.69) is 15.4 Å². The lowest BCUT2D eigenvalue weighted by atomic mass is 10.1. The molecule has 0 aliphatic carbocycles. The first-order valence-corrected chi connectivity index (χ1v) is 8.23. The molecule has 1 atom stereocenters. The second kappa shape index (κ2) is 5.73. The Morgan fingerprint density at radius 1 is 0.913 bits per heavy atom. The fourth-order valence-electron chi connectivity index (χ4n) is 2.21. The van der Waals surface area contributed by atoms with E-state index < -0.39 is 28.0 Å². The molecule has 1 heterocycles. The summed E-state index contributed by atoms with van der Waals surface area (Å²) in [5, 5.41) is 4.61. The number of nitrogens with one attached hydrogen (secondary N) is 3. The summed E-state index contributed by atoms with van der Waals surface area (Å²) in [4.78, 5) is 22.9. The van der Waals surface area contributed by atoms with Crippen molar-refractivity contribution in [2.75, 3.05) is 4.72 Å². The largest absolute Gasteiger partial charge is 0.322 e. The van der Waals surface area contributed by atoms with Gasteiger partial charge in [0.15, 0.2) is 0 Å². The van der Waals surface area contributed by atoms with Crippen molar-refractivity contribution in [3.05, 3.63) is 60.2 Å². The van der Waals surface area contributed by atoms with Crippen molar-refractivity contribution in [1.82, 2.24) is 10.6 Å². The van der Waals surface area contributed by atoms with Gasteiger partial charge in [-0.1, -0.05) is 30.3 Å². The molecule has 1 saturated heterocycles. The number of urea groups is 1. The van der Waals surface area contributed by atoms with Crippen LogP contribution in [0.4, 0.5) is 10.5 Å². The molecule has 8 heteroatoms. The van der Waals surface area contributed by atoms with Crippen LogP contribution in [0, 0.1) is 0 Å². The first-order chi connectivity index (χ1) is 11.0. The molecular formula is C15H13N3O4S. The van der Waals surface area contributed by atoms with Crippen LogP contribution in [-0.4, -0.2) is 20.4 Å².